The van der Waals surface area contributed by atoms with Crippen LogP contribution in [0.2, 0.25) is 0 Å². The maximum atomic E-state index is 12.3. The van der Waals surface area contributed by atoms with Crippen molar-refractivity contribution in [2.45, 2.75) is 39.5 Å². The Kier molecular flexibility index (Phi) is 1.53. The molecule has 0 nitrogen and oxygen atoms in total. The molecule has 0 heterocycles. The minimum absolute atomic E-state index is 0.0711. The van der Waals surface area contributed by atoms with Gasteiger partial charge in [-0.1, -0.05) is 20.8 Å². The lowest BCUT2D eigenvalue weighted by atomic mass is 9.66. The highest BCUT2D eigenvalue weighted by molar-refractivity contribution is 4.92. The molecular weight excluding hydrogens is 134 g/mol. The first-order valence-corrected chi connectivity index (χ1v) is 3.69. The van der Waals surface area contributed by atoms with E-state index in [2.05, 4.69) is 0 Å². The monoisotopic (exact) mass is 148 g/mol. The Morgan fingerprint density at radius 3 is 1.70 bits per heavy atom. The third-order valence-electron chi connectivity index (χ3n) is 2.31. The predicted molar refractivity (Wildman–Crippen MR) is 37.1 cm³/mol. The Bertz CT molecular complexity index is 125. The summed E-state index contributed by atoms with van der Waals surface area (Å²) in [7, 11) is 0. The minimum atomic E-state index is -2.35. The summed E-state index contributed by atoms with van der Waals surface area (Å²) < 4.78 is 24.6. The Hall–Kier alpha value is -0.140. The Morgan fingerprint density at radius 1 is 1.20 bits per heavy atom. The second-order valence-electron chi connectivity index (χ2n) is 4.33. The molecule has 0 bridgehead atoms. The van der Waals surface area contributed by atoms with E-state index in [1.807, 2.05) is 20.8 Å². The molecule has 1 saturated carbocycles. The van der Waals surface area contributed by atoms with Gasteiger partial charge in [-0.2, -0.15) is 0 Å². The van der Waals surface area contributed by atoms with Gasteiger partial charge in [0.15, 0.2) is 0 Å². The lowest BCUT2D eigenvalue weighted by Crippen LogP contribution is -2.42. The summed E-state index contributed by atoms with van der Waals surface area (Å²) >= 11 is 0. The van der Waals surface area contributed by atoms with Crippen molar-refractivity contribution in [3.8, 4) is 0 Å². The van der Waals surface area contributed by atoms with Crippen LogP contribution in [0.1, 0.15) is 33.6 Å². The molecule has 1 aliphatic rings. The first-order chi connectivity index (χ1) is 4.31. The van der Waals surface area contributed by atoms with Crippen LogP contribution in [0.4, 0.5) is 8.78 Å². The topological polar surface area (TPSA) is 0 Å². The molecule has 60 valence electrons. The smallest absolute Gasteiger partial charge is 0.207 e. The Morgan fingerprint density at radius 2 is 1.60 bits per heavy atom. The molecule has 0 aromatic rings. The van der Waals surface area contributed by atoms with Crippen molar-refractivity contribution in [3.63, 3.8) is 0 Å². The molecule has 1 fully saturated rings. The molecule has 0 spiro atoms. The van der Waals surface area contributed by atoms with Gasteiger partial charge in [0, 0.05) is 12.8 Å². The summed E-state index contributed by atoms with van der Waals surface area (Å²) in [6.45, 7) is 6.06. The summed E-state index contributed by atoms with van der Waals surface area (Å²) in [5.41, 5.74) is 0.0711. The van der Waals surface area contributed by atoms with Crippen LogP contribution in [-0.4, -0.2) is 5.92 Å². The van der Waals surface area contributed by atoms with Gasteiger partial charge in [0.1, 0.15) is 0 Å². The van der Waals surface area contributed by atoms with Gasteiger partial charge in [-0.3, -0.25) is 0 Å². The van der Waals surface area contributed by atoms with E-state index >= 15 is 0 Å². The molecule has 0 unspecified atom stereocenters. The van der Waals surface area contributed by atoms with Crippen molar-refractivity contribution in [1.29, 1.82) is 0 Å². The van der Waals surface area contributed by atoms with E-state index in [-0.39, 0.29) is 24.2 Å². The van der Waals surface area contributed by atoms with E-state index in [4.69, 9.17) is 0 Å². The number of hydrogen-bond acceptors (Lipinski definition) is 0. The first kappa shape index (κ1) is 7.96. The number of rotatable bonds is 0. The average Bonchev–Trinajstić information content (AvgIpc) is 1.56. The van der Waals surface area contributed by atoms with Crippen LogP contribution in [0.3, 0.4) is 0 Å². The van der Waals surface area contributed by atoms with E-state index in [1.54, 1.807) is 0 Å². The zero-order chi connectivity index (χ0) is 7.99. The van der Waals surface area contributed by atoms with Crippen molar-refractivity contribution in [2.24, 2.45) is 11.3 Å². The van der Waals surface area contributed by atoms with Gasteiger partial charge in [-0.05, 0) is 11.3 Å². The van der Waals surface area contributed by atoms with Crippen LogP contribution in [0.5, 0.6) is 0 Å². The van der Waals surface area contributed by atoms with Gasteiger partial charge in [0.25, 0.3) is 0 Å². The average molecular weight is 148 g/mol. The molecule has 0 amide bonds. The zero-order valence-corrected chi connectivity index (χ0v) is 6.75. The lowest BCUT2D eigenvalue weighted by molar-refractivity contribution is -0.138. The molecule has 0 radical (unpaired) electrons. The molecule has 1 rings (SSSR count). The molecule has 0 N–H and O–H groups in total. The Balaban J connectivity index is 2.40. The van der Waals surface area contributed by atoms with Gasteiger partial charge < -0.3 is 0 Å². The highest BCUT2D eigenvalue weighted by Gasteiger charge is 2.49. The van der Waals surface area contributed by atoms with Crippen molar-refractivity contribution in [1.82, 2.24) is 0 Å². The SMILES string of the molecule is CC(C)(C)C1CC(F)(F)C1. The Labute approximate surface area is 60.6 Å². The number of hydrogen-bond donors (Lipinski definition) is 0. The molecule has 0 aliphatic heterocycles. The van der Waals surface area contributed by atoms with Crippen molar-refractivity contribution in [3.05, 3.63) is 0 Å². The minimum Gasteiger partial charge on any atom is -0.207 e. The standard InChI is InChI=1S/C8H14F2/c1-7(2,3)6-4-8(9,10)5-6/h6H,4-5H2,1-3H3. The molecule has 1 aliphatic carbocycles. The molecule has 10 heavy (non-hydrogen) atoms. The highest BCUT2D eigenvalue weighted by atomic mass is 19.3. The lowest BCUT2D eigenvalue weighted by Gasteiger charge is -2.43. The largest absolute Gasteiger partial charge is 0.248 e. The maximum absolute atomic E-state index is 12.3. The molecule has 0 saturated heterocycles. The fourth-order valence-electron chi connectivity index (χ4n) is 1.27. The second-order valence-corrected chi connectivity index (χ2v) is 4.33. The fourth-order valence-corrected chi connectivity index (χ4v) is 1.27. The van der Waals surface area contributed by atoms with E-state index < -0.39 is 5.92 Å². The summed E-state index contributed by atoms with van der Waals surface area (Å²) in [6.07, 6.45) is 0.188. The fraction of sp³-hybridized carbons (Fsp3) is 1.00. The van der Waals surface area contributed by atoms with Crippen LogP contribution < -0.4 is 0 Å². The van der Waals surface area contributed by atoms with E-state index in [9.17, 15) is 8.78 Å². The molecule has 0 aromatic carbocycles. The van der Waals surface area contributed by atoms with Gasteiger partial charge >= 0.3 is 0 Å². The second kappa shape index (κ2) is 1.93. The predicted octanol–water partition coefficient (Wildman–Crippen LogP) is 3.08. The molecular formula is C8H14F2. The van der Waals surface area contributed by atoms with E-state index in [0.29, 0.717) is 0 Å². The molecule has 0 atom stereocenters. The number of alkyl halides is 2. The highest BCUT2D eigenvalue weighted by Crippen LogP contribution is 2.50. The van der Waals surface area contributed by atoms with E-state index in [0.717, 1.165) is 0 Å². The summed E-state index contributed by atoms with van der Waals surface area (Å²) in [4.78, 5) is 0. The summed E-state index contributed by atoms with van der Waals surface area (Å²) in [5.74, 6) is -2.12. The number of halogens is 2. The third kappa shape index (κ3) is 1.47. The van der Waals surface area contributed by atoms with Crippen molar-refractivity contribution in [2.75, 3.05) is 0 Å². The van der Waals surface area contributed by atoms with Crippen molar-refractivity contribution >= 4 is 0 Å². The normalized spacial score (nSPS) is 26.1. The third-order valence-corrected chi connectivity index (χ3v) is 2.31. The maximum Gasteiger partial charge on any atom is 0.248 e. The first-order valence-electron chi connectivity index (χ1n) is 3.69. The van der Waals surface area contributed by atoms with Crippen molar-refractivity contribution < 1.29 is 8.78 Å². The molecule has 2 heteroatoms. The van der Waals surface area contributed by atoms with Gasteiger partial charge in [0.05, 0.1) is 0 Å². The van der Waals surface area contributed by atoms with Crippen LogP contribution in [0.25, 0.3) is 0 Å². The zero-order valence-electron chi connectivity index (χ0n) is 6.75. The van der Waals surface area contributed by atoms with Crippen LogP contribution in [0, 0.1) is 11.3 Å². The van der Waals surface area contributed by atoms with Crippen LogP contribution in [0.15, 0.2) is 0 Å². The summed E-state index contributed by atoms with van der Waals surface area (Å²) in [5, 5.41) is 0. The van der Waals surface area contributed by atoms with Gasteiger partial charge in [0.2, 0.25) is 5.92 Å². The summed E-state index contributed by atoms with van der Waals surface area (Å²) in [6, 6.07) is 0. The van der Waals surface area contributed by atoms with E-state index in [1.165, 1.54) is 0 Å². The van der Waals surface area contributed by atoms with Gasteiger partial charge in [-0.25, -0.2) is 8.78 Å². The quantitative estimate of drug-likeness (QED) is 0.495. The van der Waals surface area contributed by atoms with Crippen LogP contribution >= 0.6 is 0 Å². The van der Waals surface area contributed by atoms with Crippen LogP contribution in [-0.2, 0) is 0 Å². The van der Waals surface area contributed by atoms with Gasteiger partial charge in [-0.15, -0.1) is 0 Å². The molecule has 0 aromatic heterocycles.